The van der Waals surface area contributed by atoms with Gasteiger partial charge in [0.25, 0.3) is 5.69 Å². The smallest absolute Gasteiger partial charge is 0.269 e. The van der Waals surface area contributed by atoms with Crippen LogP contribution < -0.4 is 5.73 Å². The Hall–Kier alpha value is -1.46. The van der Waals surface area contributed by atoms with Crippen LogP contribution in [-0.2, 0) is 0 Å². The molecule has 3 unspecified atom stereocenters. The maximum absolute atomic E-state index is 10.8. The summed E-state index contributed by atoms with van der Waals surface area (Å²) >= 11 is 0. The largest absolute Gasteiger partial charge is 0.326 e. The van der Waals surface area contributed by atoms with E-state index in [1.54, 1.807) is 12.1 Å². The second-order valence-corrected chi connectivity index (χ2v) is 5.12. The molecule has 1 aliphatic heterocycles. The van der Waals surface area contributed by atoms with Gasteiger partial charge < -0.3 is 5.73 Å². The fourth-order valence-electron chi connectivity index (χ4n) is 2.46. The number of nitrogens with zero attached hydrogens (tertiary/aromatic N) is 2. The first-order valence-electron chi connectivity index (χ1n) is 6.23. The van der Waals surface area contributed by atoms with Crippen molar-refractivity contribution in [3.63, 3.8) is 0 Å². The fraction of sp³-hybridized carbons (Fsp3) is 0.538. The van der Waals surface area contributed by atoms with Gasteiger partial charge in [-0.15, -0.1) is 0 Å². The first kappa shape index (κ1) is 13.0. The maximum Gasteiger partial charge on any atom is 0.269 e. The molecule has 0 bridgehead atoms. The third-order valence-corrected chi connectivity index (χ3v) is 3.81. The fourth-order valence-corrected chi connectivity index (χ4v) is 2.46. The molecule has 0 saturated carbocycles. The topological polar surface area (TPSA) is 72.4 Å². The number of nitro groups is 1. The molecule has 0 spiro atoms. The first-order valence-corrected chi connectivity index (χ1v) is 6.23. The van der Waals surface area contributed by atoms with Gasteiger partial charge in [-0.05, 0) is 18.4 Å². The lowest BCUT2D eigenvalue weighted by molar-refractivity contribution is -0.384. The molecule has 0 amide bonds. The average molecular weight is 249 g/mol. The first-order chi connectivity index (χ1) is 8.49. The standard InChI is InChI=1S/C13H19N3O2/c1-9-7-15(8-13(9)14)10(2)11-4-3-5-12(6-11)16(17)18/h3-6,9-10,13H,7-8,14H2,1-2H3. The number of hydrogen-bond acceptors (Lipinski definition) is 4. The Morgan fingerprint density at radius 1 is 1.50 bits per heavy atom. The van der Waals surface area contributed by atoms with Gasteiger partial charge >= 0.3 is 0 Å². The molecule has 2 rings (SSSR count). The van der Waals surface area contributed by atoms with Crippen LogP contribution in [0.2, 0.25) is 0 Å². The van der Waals surface area contributed by atoms with Gasteiger partial charge in [0.2, 0.25) is 0 Å². The molecule has 3 atom stereocenters. The van der Waals surface area contributed by atoms with Gasteiger partial charge in [-0.2, -0.15) is 0 Å². The quantitative estimate of drug-likeness (QED) is 0.656. The zero-order chi connectivity index (χ0) is 13.3. The molecule has 1 saturated heterocycles. The third kappa shape index (κ3) is 2.52. The van der Waals surface area contributed by atoms with Crippen molar-refractivity contribution in [2.24, 2.45) is 11.7 Å². The minimum Gasteiger partial charge on any atom is -0.326 e. The minimum absolute atomic E-state index is 0.149. The second kappa shape index (κ2) is 5.04. The van der Waals surface area contributed by atoms with E-state index in [-0.39, 0.29) is 22.7 Å². The van der Waals surface area contributed by atoms with Crippen molar-refractivity contribution >= 4 is 5.69 Å². The highest BCUT2D eigenvalue weighted by molar-refractivity contribution is 5.35. The van der Waals surface area contributed by atoms with Gasteiger partial charge in [-0.1, -0.05) is 19.1 Å². The van der Waals surface area contributed by atoms with Gasteiger partial charge in [0, 0.05) is 37.3 Å². The predicted molar refractivity (Wildman–Crippen MR) is 70.2 cm³/mol. The van der Waals surface area contributed by atoms with E-state index >= 15 is 0 Å². The lowest BCUT2D eigenvalue weighted by atomic mass is 10.1. The lowest BCUT2D eigenvalue weighted by Gasteiger charge is -2.24. The molecule has 1 aliphatic rings. The van der Waals surface area contributed by atoms with Crippen LogP contribution in [0.25, 0.3) is 0 Å². The number of likely N-dealkylation sites (tertiary alicyclic amines) is 1. The predicted octanol–water partition coefficient (Wildman–Crippen LogP) is 1.93. The molecule has 0 aliphatic carbocycles. The normalized spacial score (nSPS) is 26.2. The van der Waals surface area contributed by atoms with Crippen molar-refractivity contribution in [2.75, 3.05) is 13.1 Å². The van der Waals surface area contributed by atoms with Crippen molar-refractivity contribution < 1.29 is 4.92 Å². The molecule has 1 heterocycles. The average Bonchev–Trinajstić information content (AvgIpc) is 2.69. The van der Waals surface area contributed by atoms with Crippen molar-refractivity contribution in [2.45, 2.75) is 25.9 Å². The van der Waals surface area contributed by atoms with Crippen LogP contribution in [0.15, 0.2) is 24.3 Å². The Bertz CT molecular complexity index is 440. The van der Waals surface area contributed by atoms with Gasteiger partial charge in [0.15, 0.2) is 0 Å². The van der Waals surface area contributed by atoms with Crippen molar-refractivity contribution in [3.05, 3.63) is 39.9 Å². The Balaban J connectivity index is 2.16. The molecule has 0 radical (unpaired) electrons. The van der Waals surface area contributed by atoms with E-state index in [4.69, 9.17) is 5.73 Å². The zero-order valence-corrected chi connectivity index (χ0v) is 10.7. The number of hydrogen-bond donors (Lipinski definition) is 1. The van der Waals surface area contributed by atoms with Crippen LogP contribution in [0.5, 0.6) is 0 Å². The van der Waals surface area contributed by atoms with E-state index in [1.165, 1.54) is 6.07 Å². The van der Waals surface area contributed by atoms with E-state index in [9.17, 15) is 10.1 Å². The van der Waals surface area contributed by atoms with Crippen LogP contribution in [0.1, 0.15) is 25.5 Å². The molecule has 18 heavy (non-hydrogen) atoms. The molecule has 0 aromatic heterocycles. The van der Waals surface area contributed by atoms with Crippen LogP contribution in [-0.4, -0.2) is 29.0 Å². The minimum atomic E-state index is -0.353. The molecule has 2 N–H and O–H groups in total. The second-order valence-electron chi connectivity index (χ2n) is 5.12. The van der Waals surface area contributed by atoms with E-state index in [0.29, 0.717) is 5.92 Å². The summed E-state index contributed by atoms with van der Waals surface area (Å²) in [6.45, 7) is 6.02. The van der Waals surface area contributed by atoms with E-state index in [1.807, 2.05) is 6.07 Å². The monoisotopic (exact) mass is 249 g/mol. The molecule has 5 heteroatoms. The number of nitrogens with two attached hydrogens (primary N) is 1. The van der Waals surface area contributed by atoms with Gasteiger partial charge in [0.1, 0.15) is 0 Å². The third-order valence-electron chi connectivity index (χ3n) is 3.81. The van der Waals surface area contributed by atoms with Crippen LogP contribution in [0.3, 0.4) is 0 Å². The van der Waals surface area contributed by atoms with Crippen molar-refractivity contribution in [1.82, 2.24) is 4.90 Å². The van der Waals surface area contributed by atoms with Gasteiger partial charge in [-0.3, -0.25) is 15.0 Å². The Kier molecular flexibility index (Phi) is 3.63. The number of nitro benzene ring substituents is 1. The molecule has 1 aromatic rings. The number of non-ortho nitro benzene ring substituents is 1. The van der Waals surface area contributed by atoms with Crippen LogP contribution >= 0.6 is 0 Å². The Morgan fingerprint density at radius 3 is 2.78 bits per heavy atom. The molecule has 98 valence electrons. The van der Waals surface area contributed by atoms with E-state index < -0.39 is 0 Å². The zero-order valence-electron chi connectivity index (χ0n) is 10.7. The van der Waals surface area contributed by atoms with Crippen molar-refractivity contribution in [3.8, 4) is 0 Å². The molecule has 1 aromatic carbocycles. The summed E-state index contributed by atoms with van der Waals surface area (Å²) in [5.74, 6) is 0.478. The number of benzene rings is 1. The summed E-state index contributed by atoms with van der Waals surface area (Å²) in [5.41, 5.74) is 7.14. The van der Waals surface area contributed by atoms with Gasteiger partial charge in [-0.25, -0.2) is 0 Å². The number of rotatable bonds is 3. The highest BCUT2D eigenvalue weighted by atomic mass is 16.6. The summed E-state index contributed by atoms with van der Waals surface area (Å²) in [6, 6.07) is 7.22. The SMILES string of the molecule is CC1CN(C(C)c2cccc([N+](=O)[O-])c2)CC1N. The van der Waals surface area contributed by atoms with Crippen LogP contribution in [0, 0.1) is 16.0 Å². The maximum atomic E-state index is 10.8. The summed E-state index contributed by atoms with van der Waals surface area (Å²) < 4.78 is 0. The Morgan fingerprint density at radius 2 is 2.22 bits per heavy atom. The van der Waals surface area contributed by atoms with Crippen LogP contribution in [0.4, 0.5) is 5.69 Å². The van der Waals surface area contributed by atoms with Crippen molar-refractivity contribution in [1.29, 1.82) is 0 Å². The molecule has 1 fully saturated rings. The summed E-state index contributed by atoms with van der Waals surface area (Å²) in [4.78, 5) is 12.7. The highest BCUT2D eigenvalue weighted by Crippen LogP contribution is 2.28. The highest BCUT2D eigenvalue weighted by Gasteiger charge is 2.30. The molecule has 5 nitrogen and oxygen atoms in total. The summed E-state index contributed by atoms with van der Waals surface area (Å²) in [7, 11) is 0. The van der Waals surface area contributed by atoms with E-state index in [0.717, 1.165) is 18.7 Å². The van der Waals surface area contributed by atoms with Gasteiger partial charge in [0.05, 0.1) is 4.92 Å². The van der Waals surface area contributed by atoms with E-state index in [2.05, 4.69) is 18.7 Å². The Labute approximate surface area is 107 Å². The molecular weight excluding hydrogens is 230 g/mol. The summed E-state index contributed by atoms with van der Waals surface area (Å²) in [6.07, 6.45) is 0. The summed E-state index contributed by atoms with van der Waals surface area (Å²) in [5, 5.41) is 10.8. The lowest BCUT2D eigenvalue weighted by Crippen LogP contribution is -2.29. The molecular formula is C13H19N3O2.